The lowest BCUT2D eigenvalue weighted by molar-refractivity contribution is 0.416. The number of nitrogens with one attached hydrogen (secondary N) is 1. The second-order valence-electron chi connectivity index (χ2n) is 3.50. The third-order valence-electron chi connectivity index (χ3n) is 2.51. The molecular formula is C12H15N3O. The fraction of sp³-hybridized carbons (Fsp3) is 0.250. The van der Waals surface area contributed by atoms with Crippen LogP contribution in [0.5, 0.6) is 5.75 Å². The first-order valence-corrected chi connectivity index (χ1v) is 5.24. The van der Waals surface area contributed by atoms with Crippen LogP contribution in [0.3, 0.4) is 0 Å². The number of imidazole rings is 1. The number of anilines is 1. The first-order chi connectivity index (χ1) is 7.76. The van der Waals surface area contributed by atoms with Crippen LogP contribution in [-0.4, -0.2) is 17.1 Å². The number of rotatable bonds is 3. The summed E-state index contributed by atoms with van der Waals surface area (Å²) in [5, 5.41) is 0. The Hall–Kier alpha value is -1.97. The molecule has 2 rings (SSSR count). The number of nitrogens with zero attached hydrogens (tertiary/aromatic N) is 1. The van der Waals surface area contributed by atoms with Crippen molar-refractivity contribution in [2.75, 3.05) is 12.8 Å². The van der Waals surface area contributed by atoms with E-state index in [9.17, 15) is 0 Å². The van der Waals surface area contributed by atoms with Crippen molar-refractivity contribution in [2.24, 2.45) is 0 Å². The molecule has 0 aliphatic carbocycles. The Bertz CT molecular complexity index is 491. The zero-order chi connectivity index (χ0) is 11.5. The second kappa shape index (κ2) is 4.26. The van der Waals surface area contributed by atoms with E-state index in [-0.39, 0.29) is 0 Å². The molecule has 0 fully saturated rings. The number of nitrogens with two attached hydrogens (primary N) is 1. The van der Waals surface area contributed by atoms with Gasteiger partial charge >= 0.3 is 0 Å². The molecule has 84 valence electrons. The quantitative estimate of drug-likeness (QED) is 0.828. The van der Waals surface area contributed by atoms with Crippen LogP contribution < -0.4 is 10.5 Å². The summed E-state index contributed by atoms with van der Waals surface area (Å²) >= 11 is 0. The minimum absolute atomic E-state index is 0.442. The van der Waals surface area contributed by atoms with Crippen molar-refractivity contribution in [2.45, 2.75) is 13.3 Å². The van der Waals surface area contributed by atoms with Crippen LogP contribution >= 0.6 is 0 Å². The molecule has 0 aliphatic rings. The van der Waals surface area contributed by atoms with Crippen molar-refractivity contribution in [3.63, 3.8) is 0 Å². The highest BCUT2D eigenvalue weighted by molar-refractivity contribution is 5.70. The van der Waals surface area contributed by atoms with E-state index in [0.717, 1.165) is 29.1 Å². The number of aryl methyl sites for hydroxylation is 1. The number of aromatic nitrogens is 2. The highest BCUT2D eigenvalue weighted by Gasteiger charge is 2.13. The number of nitrogen functional groups attached to an aromatic ring is 1. The zero-order valence-electron chi connectivity index (χ0n) is 9.45. The fourth-order valence-corrected chi connectivity index (χ4v) is 1.75. The molecule has 2 aromatic rings. The number of H-pyrrole nitrogens is 1. The van der Waals surface area contributed by atoms with Crippen molar-refractivity contribution < 1.29 is 4.74 Å². The number of ether oxygens (including phenoxy) is 1. The molecule has 4 heteroatoms. The topological polar surface area (TPSA) is 63.9 Å². The summed E-state index contributed by atoms with van der Waals surface area (Å²) in [6.45, 7) is 2.06. The minimum Gasteiger partial charge on any atom is -0.496 e. The molecule has 0 amide bonds. The molecule has 0 saturated carbocycles. The Kier molecular flexibility index (Phi) is 2.81. The number of aromatic amines is 1. The lowest BCUT2D eigenvalue weighted by Gasteiger charge is -2.06. The van der Waals surface area contributed by atoms with Crippen LogP contribution in [0.1, 0.15) is 12.6 Å². The van der Waals surface area contributed by atoms with Gasteiger partial charge in [-0.1, -0.05) is 19.1 Å². The van der Waals surface area contributed by atoms with Crippen LogP contribution in [0, 0.1) is 0 Å². The average molecular weight is 217 g/mol. The normalized spacial score (nSPS) is 10.4. The molecule has 0 atom stereocenters. The van der Waals surface area contributed by atoms with Gasteiger partial charge in [-0.2, -0.15) is 0 Å². The molecule has 1 heterocycles. The molecule has 16 heavy (non-hydrogen) atoms. The van der Waals surface area contributed by atoms with Gasteiger partial charge in [-0.05, 0) is 18.6 Å². The first-order valence-electron chi connectivity index (χ1n) is 5.24. The first kappa shape index (κ1) is 10.5. The standard InChI is InChI=1S/C12H15N3O/c1-3-9-11(15-12(13)14-9)8-6-4-5-7-10(8)16-2/h4-7H,3H2,1-2H3,(H3,13,14,15). The van der Waals surface area contributed by atoms with Gasteiger partial charge in [0, 0.05) is 11.3 Å². The van der Waals surface area contributed by atoms with Gasteiger partial charge in [-0.25, -0.2) is 4.98 Å². The van der Waals surface area contributed by atoms with Gasteiger partial charge < -0.3 is 15.5 Å². The van der Waals surface area contributed by atoms with Crippen LogP contribution in [0.4, 0.5) is 5.95 Å². The number of para-hydroxylation sites is 1. The predicted molar refractivity (Wildman–Crippen MR) is 64.4 cm³/mol. The van der Waals surface area contributed by atoms with E-state index in [0.29, 0.717) is 5.95 Å². The molecular weight excluding hydrogens is 202 g/mol. The fourth-order valence-electron chi connectivity index (χ4n) is 1.75. The summed E-state index contributed by atoms with van der Waals surface area (Å²) in [4.78, 5) is 7.36. The predicted octanol–water partition coefficient (Wildman–Crippen LogP) is 2.23. The lowest BCUT2D eigenvalue weighted by Crippen LogP contribution is -1.90. The van der Waals surface area contributed by atoms with E-state index in [1.165, 1.54) is 0 Å². The lowest BCUT2D eigenvalue weighted by atomic mass is 10.1. The van der Waals surface area contributed by atoms with Crippen molar-refractivity contribution in [3.05, 3.63) is 30.0 Å². The maximum Gasteiger partial charge on any atom is 0.198 e. The van der Waals surface area contributed by atoms with Crippen LogP contribution in [0.2, 0.25) is 0 Å². The maximum absolute atomic E-state index is 5.68. The number of hydrogen-bond donors (Lipinski definition) is 2. The SMILES string of the molecule is CCc1[nH]c(N)nc1-c1ccccc1OC. The largest absolute Gasteiger partial charge is 0.496 e. The second-order valence-corrected chi connectivity index (χ2v) is 3.50. The van der Waals surface area contributed by atoms with Crippen LogP contribution in [0.25, 0.3) is 11.3 Å². The minimum atomic E-state index is 0.442. The summed E-state index contributed by atoms with van der Waals surface area (Å²) in [5.41, 5.74) is 8.55. The molecule has 0 aliphatic heterocycles. The molecule has 0 spiro atoms. The highest BCUT2D eigenvalue weighted by atomic mass is 16.5. The Morgan fingerprint density at radius 1 is 1.38 bits per heavy atom. The molecule has 3 N–H and O–H groups in total. The van der Waals surface area contributed by atoms with E-state index in [2.05, 4.69) is 16.9 Å². The monoisotopic (exact) mass is 217 g/mol. The van der Waals surface area contributed by atoms with Gasteiger partial charge in [0.05, 0.1) is 12.8 Å². The molecule has 0 saturated heterocycles. The summed E-state index contributed by atoms with van der Waals surface area (Å²) in [5.74, 6) is 1.25. The van der Waals surface area contributed by atoms with Crippen molar-refractivity contribution in [1.29, 1.82) is 0 Å². The maximum atomic E-state index is 5.68. The van der Waals surface area contributed by atoms with Crippen LogP contribution in [-0.2, 0) is 6.42 Å². The molecule has 1 aromatic heterocycles. The van der Waals surface area contributed by atoms with Crippen LogP contribution in [0.15, 0.2) is 24.3 Å². The van der Waals surface area contributed by atoms with Crippen molar-refractivity contribution in [3.8, 4) is 17.0 Å². The van der Waals surface area contributed by atoms with Gasteiger partial charge in [0.2, 0.25) is 0 Å². The van der Waals surface area contributed by atoms with E-state index < -0.39 is 0 Å². The highest BCUT2D eigenvalue weighted by Crippen LogP contribution is 2.31. The summed E-state index contributed by atoms with van der Waals surface area (Å²) in [7, 11) is 1.65. The number of methoxy groups -OCH3 is 1. The summed E-state index contributed by atoms with van der Waals surface area (Å²) in [6.07, 6.45) is 0.859. The Morgan fingerprint density at radius 3 is 2.81 bits per heavy atom. The zero-order valence-corrected chi connectivity index (χ0v) is 9.45. The van der Waals surface area contributed by atoms with E-state index >= 15 is 0 Å². The van der Waals surface area contributed by atoms with Crippen molar-refractivity contribution in [1.82, 2.24) is 9.97 Å². The van der Waals surface area contributed by atoms with E-state index in [1.54, 1.807) is 7.11 Å². The van der Waals surface area contributed by atoms with Gasteiger partial charge in [0.15, 0.2) is 5.95 Å². The van der Waals surface area contributed by atoms with Crippen molar-refractivity contribution >= 4 is 5.95 Å². The summed E-state index contributed by atoms with van der Waals surface area (Å²) < 4.78 is 5.31. The molecule has 0 bridgehead atoms. The molecule has 4 nitrogen and oxygen atoms in total. The molecule has 1 aromatic carbocycles. The Labute approximate surface area is 94.5 Å². The van der Waals surface area contributed by atoms with Gasteiger partial charge in [0.25, 0.3) is 0 Å². The van der Waals surface area contributed by atoms with E-state index in [4.69, 9.17) is 10.5 Å². The van der Waals surface area contributed by atoms with Gasteiger partial charge in [0.1, 0.15) is 5.75 Å². The summed E-state index contributed by atoms with van der Waals surface area (Å²) in [6, 6.07) is 7.79. The smallest absolute Gasteiger partial charge is 0.198 e. The third-order valence-corrected chi connectivity index (χ3v) is 2.51. The number of benzene rings is 1. The van der Waals surface area contributed by atoms with Gasteiger partial charge in [-0.15, -0.1) is 0 Å². The average Bonchev–Trinajstić information content (AvgIpc) is 2.70. The Morgan fingerprint density at radius 2 is 2.12 bits per heavy atom. The van der Waals surface area contributed by atoms with E-state index in [1.807, 2.05) is 24.3 Å². The van der Waals surface area contributed by atoms with Gasteiger partial charge in [-0.3, -0.25) is 0 Å². The number of hydrogen-bond acceptors (Lipinski definition) is 3. The third kappa shape index (κ3) is 1.74. The Balaban J connectivity index is 2.57. The molecule has 0 unspecified atom stereocenters. The molecule has 0 radical (unpaired) electrons.